The third-order valence-corrected chi connectivity index (χ3v) is 5.18. The lowest BCUT2D eigenvalue weighted by Crippen LogP contribution is -2.14. The number of benzene rings is 2. The molecule has 0 aliphatic carbocycles. The highest BCUT2D eigenvalue weighted by atomic mass is 35.5. The van der Waals surface area contributed by atoms with Gasteiger partial charge in [-0.1, -0.05) is 29.4 Å². The maximum atomic E-state index is 12.1. The van der Waals surface area contributed by atoms with Crippen molar-refractivity contribution in [2.45, 2.75) is 12.1 Å². The van der Waals surface area contributed by atoms with Gasteiger partial charge in [0, 0.05) is 23.3 Å². The molecule has 8 heteroatoms. The molecule has 0 spiro atoms. The Balaban J connectivity index is 1.63. The van der Waals surface area contributed by atoms with Crippen LogP contribution in [0.1, 0.15) is 5.56 Å². The first-order valence-corrected chi connectivity index (χ1v) is 9.18. The number of nitrogens with one attached hydrogen (secondary N) is 1. The summed E-state index contributed by atoms with van der Waals surface area (Å²) in [5.74, 6) is 0.910. The number of phenols is 1. The van der Waals surface area contributed by atoms with Crippen molar-refractivity contribution in [2.75, 3.05) is 11.1 Å². The first-order chi connectivity index (χ1) is 12.4. The number of carbonyl (C=O) groups excluding carboxylic acids is 1. The minimum Gasteiger partial charge on any atom is -0.508 e. The summed E-state index contributed by atoms with van der Waals surface area (Å²) >= 11 is 7.36. The van der Waals surface area contributed by atoms with Crippen molar-refractivity contribution < 1.29 is 9.90 Å². The zero-order valence-electron chi connectivity index (χ0n) is 14.2. The normalized spacial score (nSPS) is 10.7. The van der Waals surface area contributed by atoms with Gasteiger partial charge in [0.1, 0.15) is 5.75 Å². The van der Waals surface area contributed by atoms with E-state index in [1.54, 1.807) is 30.3 Å². The average molecular weight is 389 g/mol. The first kappa shape index (κ1) is 18.3. The molecule has 0 bridgehead atoms. The van der Waals surface area contributed by atoms with Crippen molar-refractivity contribution in [3.05, 3.63) is 53.1 Å². The molecule has 2 aromatic carbocycles. The minimum atomic E-state index is -0.149. The summed E-state index contributed by atoms with van der Waals surface area (Å²) < 4.78 is 1.81. The van der Waals surface area contributed by atoms with Crippen molar-refractivity contribution in [1.82, 2.24) is 14.8 Å². The van der Waals surface area contributed by atoms with E-state index in [1.807, 2.05) is 30.7 Å². The molecule has 1 aromatic heterocycles. The van der Waals surface area contributed by atoms with Crippen molar-refractivity contribution in [3.8, 4) is 17.1 Å². The number of hydrogen-bond acceptors (Lipinski definition) is 5. The number of rotatable bonds is 5. The molecular formula is C18H17ClN4O2S. The fraction of sp³-hybridized carbons (Fsp3) is 0.167. The summed E-state index contributed by atoms with van der Waals surface area (Å²) in [5, 5.41) is 21.7. The number of nitrogens with zero attached hydrogens (tertiary/aromatic N) is 3. The van der Waals surface area contributed by atoms with E-state index in [9.17, 15) is 9.90 Å². The van der Waals surface area contributed by atoms with E-state index in [2.05, 4.69) is 15.5 Å². The maximum absolute atomic E-state index is 12.1. The SMILES string of the molecule is Cc1ccc(NC(=O)CSc2nnc(-c3ccc(O)cc3)n2C)cc1Cl. The van der Waals surface area contributed by atoms with Crippen molar-refractivity contribution >= 4 is 35.0 Å². The van der Waals surface area contributed by atoms with Crippen molar-refractivity contribution in [1.29, 1.82) is 0 Å². The number of thioether (sulfide) groups is 1. The van der Waals surface area contributed by atoms with E-state index in [0.29, 0.717) is 21.7 Å². The summed E-state index contributed by atoms with van der Waals surface area (Å²) in [7, 11) is 1.84. The van der Waals surface area contributed by atoms with Gasteiger partial charge in [0.05, 0.1) is 5.75 Å². The minimum absolute atomic E-state index is 0.149. The van der Waals surface area contributed by atoms with Gasteiger partial charge in [-0.2, -0.15) is 0 Å². The van der Waals surface area contributed by atoms with Gasteiger partial charge in [0.25, 0.3) is 0 Å². The molecule has 0 unspecified atom stereocenters. The second-order valence-electron chi connectivity index (χ2n) is 5.71. The van der Waals surface area contributed by atoms with Crippen molar-refractivity contribution in [3.63, 3.8) is 0 Å². The predicted molar refractivity (Wildman–Crippen MR) is 104 cm³/mol. The first-order valence-electron chi connectivity index (χ1n) is 7.81. The van der Waals surface area contributed by atoms with Gasteiger partial charge in [0.15, 0.2) is 11.0 Å². The van der Waals surface area contributed by atoms with E-state index in [-0.39, 0.29) is 17.4 Å². The number of hydrogen-bond donors (Lipinski definition) is 2. The van der Waals surface area contributed by atoms with Crippen LogP contribution in [0, 0.1) is 6.92 Å². The summed E-state index contributed by atoms with van der Waals surface area (Å²) in [6.07, 6.45) is 0. The average Bonchev–Trinajstić information content (AvgIpc) is 2.98. The van der Waals surface area contributed by atoms with Gasteiger partial charge in [0.2, 0.25) is 5.91 Å². The molecule has 3 aromatic rings. The monoisotopic (exact) mass is 388 g/mol. The molecule has 26 heavy (non-hydrogen) atoms. The highest BCUT2D eigenvalue weighted by Gasteiger charge is 2.13. The second-order valence-corrected chi connectivity index (χ2v) is 7.06. The number of phenolic OH excluding ortho intramolecular Hbond substituents is 1. The predicted octanol–water partition coefficient (Wildman–Crippen LogP) is 3.88. The molecule has 0 saturated heterocycles. The zero-order valence-corrected chi connectivity index (χ0v) is 15.8. The molecule has 134 valence electrons. The maximum Gasteiger partial charge on any atom is 0.234 e. The van der Waals surface area contributed by atoms with Crippen LogP contribution < -0.4 is 5.32 Å². The van der Waals surface area contributed by atoms with Gasteiger partial charge in [-0.05, 0) is 48.9 Å². The Morgan fingerprint density at radius 1 is 1.23 bits per heavy atom. The number of carbonyl (C=O) groups is 1. The van der Waals surface area contributed by atoms with Crippen LogP contribution in [0.4, 0.5) is 5.69 Å². The largest absolute Gasteiger partial charge is 0.508 e. The highest BCUT2D eigenvalue weighted by Crippen LogP contribution is 2.24. The van der Waals surface area contributed by atoms with E-state index in [4.69, 9.17) is 11.6 Å². The quantitative estimate of drug-likeness (QED) is 0.648. The van der Waals surface area contributed by atoms with E-state index in [0.717, 1.165) is 11.1 Å². The van der Waals surface area contributed by atoms with Crippen LogP contribution in [0.25, 0.3) is 11.4 Å². The molecule has 0 atom stereocenters. The molecule has 1 heterocycles. The number of aromatic hydroxyl groups is 1. The van der Waals surface area contributed by atoms with Gasteiger partial charge >= 0.3 is 0 Å². The zero-order chi connectivity index (χ0) is 18.7. The Hall–Kier alpha value is -2.51. The Labute approximate surface area is 160 Å². The van der Waals surface area contributed by atoms with E-state index >= 15 is 0 Å². The van der Waals surface area contributed by atoms with Crippen LogP contribution in [-0.4, -0.2) is 31.5 Å². The van der Waals surface area contributed by atoms with Crippen LogP contribution >= 0.6 is 23.4 Å². The smallest absolute Gasteiger partial charge is 0.234 e. The van der Waals surface area contributed by atoms with Crippen LogP contribution in [-0.2, 0) is 11.8 Å². The lowest BCUT2D eigenvalue weighted by atomic mass is 10.2. The lowest BCUT2D eigenvalue weighted by Gasteiger charge is -2.07. The van der Waals surface area contributed by atoms with Gasteiger partial charge in [-0.3, -0.25) is 4.79 Å². The van der Waals surface area contributed by atoms with Crippen LogP contribution in [0.15, 0.2) is 47.6 Å². The number of aryl methyl sites for hydroxylation is 1. The van der Waals surface area contributed by atoms with Gasteiger partial charge < -0.3 is 15.0 Å². The number of halogens is 1. The number of anilines is 1. The topological polar surface area (TPSA) is 80.0 Å². The fourth-order valence-corrected chi connectivity index (χ4v) is 3.19. The van der Waals surface area contributed by atoms with Gasteiger partial charge in [-0.15, -0.1) is 10.2 Å². The molecule has 0 aliphatic heterocycles. The molecule has 2 N–H and O–H groups in total. The number of amides is 1. The molecular weight excluding hydrogens is 372 g/mol. The van der Waals surface area contributed by atoms with Crippen LogP contribution in [0.5, 0.6) is 5.75 Å². The highest BCUT2D eigenvalue weighted by molar-refractivity contribution is 7.99. The van der Waals surface area contributed by atoms with E-state index in [1.165, 1.54) is 11.8 Å². The second kappa shape index (κ2) is 7.80. The Morgan fingerprint density at radius 3 is 2.65 bits per heavy atom. The summed E-state index contributed by atoms with van der Waals surface area (Å²) in [5.41, 5.74) is 2.46. The standard InChI is InChI=1S/C18H17ClN4O2S/c1-11-3-6-13(9-15(11)19)20-16(25)10-26-18-22-21-17(23(18)2)12-4-7-14(24)8-5-12/h3-9,24H,10H2,1-2H3,(H,20,25). The molecule has 0 fully saturated rings. The Bertz CT molecular complexity index is 941. The van der Waals surface area contributed by atoms with Crippen LogP contribution in [0.3, 0.4) is 0 Å². The molecule has 3 rings (SSSR count). The lowest BCUT2D eigenvalue weighted by molar-refractivity contribution is -0.113. The Kier molecular flexibility index (Phi) is 5.49. The summed E-state index contributed by atoms with van der Waals surface area (Å²) in [6, 6.07) is 12.1. The Morgan fingerprint density at radius 2 is 1.96 bits per heavy atom. The third-order valence-electron chi connectivity index (χ3n) is 3.75. The molecule has 1 amide bonds. The fourth-order valence-electron chi connectivity index (χ4n) is 2.30. The summed E-state index contributed by atoms with van der Waals surface area (Å²) in [6.45, 7) is 1.91. The summed E-state index contributed by atoms with van der Waals surface area (Å²) in [4.78, 5) is 12.1. The van der Waals surface area contributed by atoms with Crippen LogP contribution in [0.2, 0.25) is 5.02 Å². The molecule has 0 radical (unpaired) electrons. The molecule has 0 saturated carbocycles. The van der Waals surface area contributed by atoms with Gasteiger partial charge in [-0.25, -0.2) is 0 Å². The molecule has 0 aliphatic rings. The van der Waals surface area contributed by atoms with E-state index < -0.39 is 0 Å². The van der Waals surface area contributed by atoms with Crippen molar-refractivity contribution in [2.24, 2.45) is 7.05 Å². The third kappa shape index (κ3) is 4.17. The number of aromatic nitrogens is 3. The molecule has 6 nitrogen and oxygen atoms in total.